The third-order valence-electron chi connectivity index (χ3n) is 3.32. The first-order chi connectivity index (χ1) is 11.0. The van der Waals surface area contributed by atoms with E-state index in [9.17, 15) is 8.42 Å². The van der Waals surface area contributed by atoms with E-state index in [2.05, 4.69) is 19.5 Å². The van der Waals surface area contributed by atoms with E-state index < -0.39 is 10.0 Å². The van der Waals surface area contributed by atoms with Crippen molar-refractivity contribution in [3.05, 3.63) is 66.3 Å². The molecule has 0 aliphatic heterocycles. The van der Waals surface area contributed by atoms with Crippen LogP contribution in [0.1, 0.15) is 24.2 Å². The molecule has 2 aromatic heterocycles. The summed E-state index contributed by atoms with van der Waals surface area (Å²) in [5.41, 5.74) is 2.09. The Balaban J connectivity index is 1.75. The number of benzene rings is 1. The highest BCUT2D eigenvalue weighted by Gasteiger charge is 2.18. The lowest BCUT2D eigenvalue weighted by molar-refractivity contribution is 0.413. The van der Waals surface area contributed by atoms with E-state index in [4.69, 9.17) is 0 Å². The molecule has 1 N–H and O–H groups in total. The zero-order valence-corrected chi connectivity index (χ0v) is 13.3. The van der Waals surface area contributed by atoms with Crippen molar-refractivity contribution < 1.29 is 12.9 Å². The third kappa shape index (κ3) is 3.85. The zero-order chi connectivity index (χ0) is 16.3. The molecule has 0 spiro atoms. The fourth-order valence-electron chi connectivity index (χ4n) is 2.24. The minimum absolute atomic E-state index is 0.216. The van der Waals surface area contributed by atoms with Crippen molar-refractivity contribution in [2.45, 2.75) is 18.7 Å². The maximum Gasteiger partial charge on any atom is 0.218 e. The summed E-state index contributed by atoms with van der Waals surface area (Å²) in [4.78, 5) is 0. The Bertz CT molecular complexity index is 858. The molecule has 8 heteroatoms. The quantitative estimate of drug-likeness (QED) is 0.746. The van der Waals surface area contributed by atoms with Crippen LogP contribution in [-0.4, -0.2) is 23.4 Å². The summed E-state index contributed by atoms with van der Waals surface area (Å²) in [7, 11) is -3.51. The molecule has 0 bridgehead atoms. The molecule has 0 unspecified atom stereocenters. The molecule has 0 radical (unpaired) electrons. The summed E-state index contributed by atoms with van der Waals surface area (Å²) in [6.45, 7) is 1.79. The van der Waals surface area contributed by atoms with Crippen molar-refractivity contribution in [1.29, 1.82) is 0 Å². The van der Waals surface area contributed by atoms with Crippen LogP contribution in [0.3, 0.4) is 0 Å². The topological polar surface area (TPSA) is 90.0 Å². The Labute approximate surface area is 134 Å². The van der Waals surface area contributed by atoms with Crippen LogP contribution in [0, 0.1) is 0 Å². The fourth-order valence-corrected chi connectivity index (χ4v) is 3.54. The molecule has 3 rings (SSSR count). The van der Waals surface area contributed by atoms with Gasteiger partial charge < -0.3 is 4.52 Å². The largest absolute Gasteiger partial charge is 0.364 e. The Morgan fingerprint density at radius 3 is 2.87 bits per heavy atom. The zero-order valence-electron chi connectivity index (χ0n) is 12.5. The first-order valence-corrected chi connectivity index (χ1v) is 8.68. The molecule has 7 nitrogen and oxygen atoms in total. The normalized spacial score (nSPS) is 13.1. The molecule has 2 heterocycles. The summed E-state index contributed by atoms with van der Waals surface area (Å²) >= 11 is 0. The second-order valence-corrected chi connectivity index (χ2v) is 6.89. The summed E-state index contributed by atoms with van der Waals surface area (Å²) in [5, 5.41) is 7.79. The van der Waals surface area contributed by atoms with E-state index in [1.807, 2.05) is 36.5 Å². The average Bonchev–Trinajstić information content (AvgIpc) is 3.19. The Kier molecular flexibility index (Phi) is 4.26. The van der Waals surface area contributed by atoms with Crippen LogP contribution in [0.15, 0.2) is 59.6 Å². The number of hydrogen-bond donors (Lipinski definition) is 1. The molecule has 0 aliphatic carbocycles. The summed E-state index contributed by atoms with van der Waals surface area (Å²) in [6, 6.07) is 10.5. The lowest BCUT2D eigenvalue weighted by Gasteiger charge is -2.15. The number of aromatic nitrogens is 3. The van der Waals surface area contributed by atoms with E-state index in [0.717, 1.165) is 11.3 Å². The first kappa shape index (κ1) is 15.4. The number of rotatable bonds is 6. The maximum absolute atomic E-state index is 12.2. The molecule has 0 saturated carbocycles. The van der Waals surface area contributed by atoms with Gasteiger partial charge in [0.15, 0.2) is 0 Å². The number of nitrogens with one attached hydrogen (secondary N) is 1. The number of sulfonamides is 1. The average molecular weight is 332 g/mol. The van der Waals surface area contributed by atoms with Gasteiger partial charge in [-0.05, 0) is 30.7 Å². The molecule has 1 aromatic carbocycles. The maximum atomic E-state index is 12.2. The molecule has 0 amide bonds. The van der Waals surface area contributed by atoms with Crippen molar-refractivity contribution in [1.82, 2.24) is 19.7 Å². The second kappa shape index (κ2) is 6.35. The van der Waals surface area contributed by atoms with Crippen LogP contribution in [-0.2, 0) is 15.8 Å². The molecule has 120 valence electrons. The van der Waals surface area contributed by atoms with E-state index in [1.54, 1.807) is 17.8 Å². The SMILES string of the molecule is C[C@H](NS(=O)(=O)Cc1ccon1)c1cccc(-n2cccn2)c1. The van der Waals surface area contributed by atoms with E-state index in [1.165, 1.54) is 12.3 Å². The first-order valence-electron chi connectivity index (χ1n) is 7.03. The smallest absolute Gasteiger partial charge is 0.218 e. The standard InChI is InChI=1S/C15H16N4O3S/c1-12(18-23(20,21)11-14-6-9-22-17-14)13-4-2-5-15(10-13)19-8-3-7-16-19/h2-10,12,18H,11H2,1H3/t12-/m0/s1. The van der Waals surface area contributed by atoms with Gasteiger partial charge in [-0.25, -0.2) is 17.8 Å². The van der Waals surface area contributed by atoms with Crippen LogP contribution in [0.2, 0.25) is 0 Å². The predicted molar refractivity (Wildman–Crippen MR) is 84.2 cm³/mol. The molecule has 0 aliphatic rings. The van der Waals surface area contributed by atoms with Gasteiger partial charge in [-0.3, -0.25) is 0 Å². The van der Waals surface area contributed by atoms with Crippen LogP contribution in [0.4, 0.5) is 0 Å². The van der Waals surface area contributed by atoms with Crippen molar-refractivity contribution in [3.8, 4) is 5.69 Å². The van der Waals surface area contributed by atoms with Gasteiger partial charge in [-0.1, -0.05) is 17.3 Å². The number of nitrogens with zero attached hydrogens (tertiary/aromatic N) is 3. The van der Waals surface area contributed by atoms with Gasteiger partial charge in [-0.15, -0.1) is 0 Å². The summed E-state index contributed by atoms with van der Waals surface area (Å²) < 4.78 is 33.4. The van der Waals surface area contributed by atoms with Crippen molar-refractivity contribution in [3.63, 3.8) is 0 Å². The lowest BCUT2D eigenvalue weighted by Crippen LogP contribution is -2.28. The van der Waals surface area contributed by atoms with E-state index in [-0.39, 0.29) is 11.8 Å². The highest BCUT2D eigenvalue weighted by molar-refractivity contribution is 7.88. The molecule has 1 atom stereocenters. The minimum atomic E-state index is -3.51. The Hall–Kier alpha value is -2.45. The monoisotopic (exact) mass is 332 g/mol. The van der Waals surface area contributed by atoms with Crippen LogP contribution in [0.5, 0.6) is 0 Å². The summed E-state index contributed by atoms with van der Waals surface area (Å²) in [6.07, 6.45) is 4.87. The van der Waals surface area contributed by atoms with E-state index in [0.29, 0.717) is 5.69 Å². The molecule has 3 aromatic rings. The molecule has 0 fully saturated rings. The molecule has 23 heavy (non-hydrogen) atoms. The highest BCUT2D eigenvalue weighted by atomic mass is 32.2. The molecule has 0 saturated heterocycles. The molecular weight excluding hydrogens is 316 g/mol. The number of hydrogen-bond acceptors (Lipinski definition) is 5. The van der Waals surface area contributed by atoms with Crippen LogP contribution in [0.25, 0.3) is 5.69 Å². The fraction of sp³-hybridized carbons (Fsp3) is 0.200. The Morgan fingerprint density at radius 2 is 2.17 bits per heavy atom. The van der Waals surface area contributed by atoms with Gasteiger partial charge in [0.2, 0.25) is 10.0 Å². The van der Waals surface area contributed by atoms with Gasteiger partial charge in [0.25, 0.3) is 0 Å². The van der Waals surface area contributed by atoms with Crippen LogP contribution < -0.4 is 4.72 Å². The lowest BCUT2D eigenvalue weighted by atomic mass is 10.1. The van der Waals surface area contributed by atoms with Gasteiger partial charge in [0.1, 0.15) is 12.0 Å². The second-order valence-electron chi connectivity index (χ2n) is 5.14. The highest BCUT2D eigenvalue weighted by Crippen LogP contribution is 2.18. The third-order valence-corrected chi connectivity index (χ3v) is 4.71. The van der Waals surface area contributed by atoms with Crippen molar-refractivity contribution in [2.75, 3.05) is 0 Å². The predicted octanol–water partition coefficient (Wildman–Crippen LogP) is 2.04. The molecular formula is C15H16N4O3S. The van der Waals surface area contributed by atoms with Gasteiger partial charge in [-0.2, -0.15) is 5.10 Å². The van der Waals surface area contributed by atoms with Gasteiger partial charge >= 0.3 is 0 Å². The van der Waals surface area contributed by atoms with E-state index >= 15 is 0 Å². The van der Waals surface area contributed by atoms with Crippen molar-refractivity contribution in [2.24, 2.45) is 0 Å². The summed E-state index contributed by atoms with van der Waals surface area (Å²) in [5.74, 6) is -0.216. The van der Waals surface area contributed by atoms with Gasteiger partial charge in [0.05, 0.1) is 11.4 Å². The van der Waals surface area contributed by atoms with Crippen molar-refractivity contribution >= 4 is 10.0 Å². The minimum Gasteiger partial charge on any atom is -0.364 e. The van der Waals surface area contributed by atoms with Crippen LogP contribution >= 0.6 is 0 Å². The Morgan fingerprint density at radius 1 is 1.30 bits per heavy atom. The van der Waals surface area contributed by atoms with Gasteiger partial charge in [0, 0.05) is 24.5 Å².